The molecule has 0 aliphatic rings. The number of aromatic nitrogens is 2. The van der Waals surface area contributed by atoms with Gasteiger partial charge >= 0.3 is 5.97 Å². The quantitative estimate of drug-likeness (QED) is 0.338. The van der Waals surface area contributed by atoms with Crippen molar-refractivity contribution in [2.24, 2.45) is 0 Å². The molecule has 2 heterocycles. The van der Waals surface area contributed by atoms with Gasteiger partial charge in [0.2, 0.25) is 10.0 Å². The van der Waals surface area contributed by atoms with Crippen molar-refractivity contribution in [1.82, 2.24) is 14.3 Å². The summed E-state index contributed by atoms with van der Waals surface area (Å²) in [5.74, 6) is -0.329. The summed E-state index contributed by atoms with van der Waals surface area (Å²) in [7, 11) is -0.744. The van der Waals surface area contributed by atoms with E-state index in [1.165, 1.54) is 25.5 Å². The van der Waals surface area contributed by atoms with Crippen LogP contribution in [-0.2, 0) is 20.5 Å². The molecule has 1 N–H and O–H groups in total. The maximum absolute atomic E-state index is 12.5. The van der Waals surface area contributed by atoms with Crippen LogP contribution >= 0.6 is 22.9 Å². The zero-order valence-electron chi connectivity index (χ0n) is 18.6. The molecule has 0 amide bonds. The van der Waals surface area contributed by atoms with Gasteiger partial charge in [0.1, 0.15) is 23.2 Å². The van der Waals surface area contributed by atoms with Crippen molar-refractivity contribution in [3.05, 3.63) is 75.9 Å². The van der Waals surface area contributed by atoms with Crippen LogP contribution in [0.4, 0.5) is 0 Å². The smallest absolute Gasteiger partial charge is 0.351 e. The normalized spacial score (nSPS) is 12.6. The Bertz CT molecular complexity index is 1460. The van der Waals surface area contributed by atoms with Gasteiger partial charge in [-0.05, 0) is 37.7 Å². The van der Waals surface area contributed by atoms with Crippen LogP contribution in [0.15, 0.2) is 54.9 Å². The van der Waals surface area contributed by atoms with Crippen LogP contribution in [0, 0.1) is 0 Å². The van der Waals surface area contributed by atoms with E-state index in [0.717, 1.165) is 5.56 Å². The van der Waals surface area contributed by atoms with Crippen molar-refractivity contribution >= 4 is 50.0 Å². The van der Waals surface area contributed by atoms with Gasteiger partial charge in [0.15, 0.2) is 4.88 Å². The molecule has 0 spiro atoms. The van der Waals surface area contributed by atoms with E-state index in [4.69, 9.17) is 21.1 Å². The lowest BCUT2D eigenvalue weighted by molar-refractivity contribution is 0.0600. The van der Waals surface area contributed by atoms with Crippen LogP contribution in [0.3, 0.4) is 0 Å². The Balaban J connectivity index is 1.74. The van der Waals surface area contributed by atoms with Gasteiger partial charge in [-0.2, -0.15) is 0 Å². The first kappa shape index (κ1) is 24.2. The van der Waals surface area contributed by atoms with E-state index in [2.05, 4.69) is 9.71 Å². The number of thiophene rings is 1. The number of imidazole rings is 1. The number of ether oxygens (including phenoxy) is 2. The lowest BCUT2D eigenvalue weighted by Crippen LogP contribution is -2.20. The molecule has 0 fully saturated rings. The Morgan fingerprint density at radius 3 is 2.71 bits per heavy atom. The molecule has 0 saturated carbocycles. The van der Waals surface area contributed by atoms with Crippen molar-refractivity contribution in [1.29, 1.82) is 0 Å². The second-order valence-electron chi connectivity index (χ2n) is 7.45. The highest BCUT2D eigenvalue weighted by atomic mass is 35.5. The first-order valence-electron chi connectivity index (χ1n) is 10.2. The van der Waals surface area contributed by atoms with E-state index < -0.39 is 22.1 Å². The molecule has 2 aromatic carbocycles. The number of methoxy groups -OCH3 is 1. The molecule has 2 aromatic heterocycles. The van der Waals surface area contributed by atoms with E-state index >= 15 is 0 Å². The molecule has 0 aliphatic heterocycles. The summed E-state index contributed by atoms with van der Waals surface area (Å²) >= 11 is 7.50. The topological polar surface area (TPSA) is 99.5 Å². The first-order chi connectivity index (χ1) is 16.2. The molecule has 0 unspecified atom stereocenters. The van der Waals surface area contributed by atoms with Crippen molar-refractivity contribution in [2.45, 2.75) is 18.8 Å². The standard InChI is InChI=1S/C23H22ClN3O5S2/c1-14(16-6-4-5-7-17(16)24)32-20-11-21(33-22(20)23(28)31-3)27-13-26-18-9-8-15(10-19(18)27)12-34(29,30)25-2/h4-11,13-14,25H,12H2,1-3H3/t14-/m1/s1. The molecule has 34 heavy (non-hydrogen) atoms. The third kappa shape index (κ3) is 4.95. The van der Waals surface area contributed by atoms with Crippen molar-refractivity contribution < 1.29 is 22.7 Å². The van der Waals surface area contributed by atoms with Crippen LogP contribution in [0.25, 0.3) is 16.0 Å². The highest BCUT2D eigenvalue weighted by Gasteiger charge is 2.23. The minimum Gasteiger partial charge on any atom is -0.484 e. The molecule has 4 aromatic rings. The third-order valence-electron chi connectivity index (χ3n) is 5.22. The van der Waals surface area contributed by atoms with Crippen LogP contribution in [0.1, 0.15) is 33.8 Å². The molecule has 11 heteroatoms. The second kappa shape index (κ2) is 9.75. The van der Waals surface area contributed by atoms with Crippen LogP contribution in [0.5, 0.6) is 5.75 Å². The Kier molecular flexibility index (Phi) is 6.94. The van der Waals surface area contributed by atoms with E-state index in [-0.39, 0.29) is 5.75 Å². The second-order valence-corrected chi connectivity index (χ2v) is 10.8. The Hall–Kier alpha value is -2.92. The number of rotatable bonds is 8. The highest BCUT2D eigenvalue weighted by Crippen LogP contribution is 2.37. The average molecular weight is 520 g/mol. The molecule has 1 atom stereocenters. The Morgan fingerprint density at radius 1 is 1.24 bits per heavy atom. The van der Waals surface area contributed by atoms with E-state index in [0.29, 0.717) is 37.2 Å². The van der Waals surface area contributed by atoms with Crippen molar-refractivity contribution in [3.63, 3.8) is 0 Å². The highest BCUT2D eigenvalue weighted by molar-refractivity contribution is 7.88. The summed E-state index contributed by atoms with van der Waals surface area (Å²) in [5.41, 5.74) is 2.78. The van der Waals surface area contributed by atoms with Gasteiger partial charge < -0.3 is 9.47 Å². The van der Waals surface area contributed by atoms with Gasteiger partial charge in [-0.25, -0.2) is 22.9 Å². The monoisotopic (exact) mass is 519 g/mol. The fraction of sp³-hybridized carbons (Fsp3) is 0.217. The first-order valence-corrected chi connectivity index (χ1v) is 13.1. The van der Waals surface area contributed by atoms with Gasteiger partial charge in [0.25, 0.3) is 0 Å². The molecular formula is C23H22ClN3O5S2. The number of fused-ring (bicyclic) bond motifs is 1. The lowest BCUT2D eigenvalue weighted by atomic mass is 10.1. The van der Waals surface area contributed by atoms with Crippen molar-refractivity contribution in [2.75, 3.05) is 14.2 Å². The number of carbonyl (C=O) groups is 1. The molecule has 4 rings (SSSR count). The average Bonchev–Trinajstić information content (AvgIpc) is 3.42. The number of sulfonamides is 1. The van der Waals surface area contributed by atoms with Gasteiger partial charge in [-0.3, -0.25) is 4.57 Å². The lowest BCUT2D eigenvalue weighted by Gasteiger charge is -2.16. The summed E-state index contributed by atoms with van der Waals surface area (Å²) in [6.07, 6.45) is 1.20. The van der Waals surface area contributed by atoms with Gasteiger partial charge in [-0.1, -0.05) is 35.9 Å². The van der Waals surface area contributed by atoms with Crippen LogP contribution in [-0.4, -0.2) is 38.1 Å². The molecule has 0 saturated heterocycles. The maximum atomic E-state index is 12.5. The molecule has 8 nitrogen and oxygen atoms in total. The summed E-state index contributed by atoms with van der Waals surface area (Å²) in [6.45, 7) is 1.85. The number of nitrogens with zero attached hydrogens (tertiary/aromatic N) is 2. The fourth-order valence-electron chi connectivity index (χ4n) is 3.47. The van der Waals surface area contributed by atoms with Gasteiger partial charge in [0.05, 0.1) is 23.9 Å². The number of benzene rings is 2. The predicted octanol–water partition coefficient (Wildman–Crippen LogP) is 4.72. The SMILES string of the molecule is CNS(=O)(=O)Cc1ccc2ncn(-c3cc(O[C@H](C)c4ccccc4Cl)c(C(=O)OC)s3)c2c1. The molecule has 0 bridgehead atoms. The predicted molar refractivity (Wildman–Crippen MR) is 132 cm³/mol. The largest absolute Gasteiger partial charge is 0.484 e. The number of esters is 1. The number of nitrogens with one attached hydrogen (secondary N) is 1. The summed E-state index contributed by atoms with van der Waals surface area (Å²) in [6, 6.07) is 14.3. The zero-order valence-corrected chi connectivity index (χ0v) is 21.0. The Morgan fingerprint density at radius 2 is 2.00 bits per heavy atom. The summed E-state index contributed by atoms with van der Waals surface area (Å²) in [5, 5.41) is 1.23. The summed E-state index contributed by atoms with van der Waals surface area (Å²) in [4.78, 5) is 17.2. The van der Waals surface area contributed by atoms with Crippen LogP contribution < -0.4 is 9.46 Å². The molecule has 178 valence electrons. The van der Waals surface area contributed by atoms with Gasteiger partial charge in [-0.15, -0.1) is 11.3 Å². The van der Waals surface area contributed by atoms with E-state index in [1.54, 1.807) is 41.2 Å². The minimum atomic E-state index is -3.43. The minimum absolute atomic E-state index is 0.161. The molecule has 0 radical (unpaired) electrons. The van der Waals surface area contributed by atoms with Crippen molar-refractivity contribution in [3.8, 4) is 10.8 Å². The molecule has 0 aliphatic carbocycles. The number of carbonyl (C=O) groups excluding carboxylic acids is 1. The summed E-state index contributed by atoms with van der Waals surface area (Å²) < 4.78 is 39.2. The number of halogens is 1. The van der Waals surface area contributed by atoms with E-state index in [1.807, 2.05) is 25.1 Å². The number of hydrogen-bond donors (Lipinski definition) is 1. The maximum Gasteiger partial charge on any atom is 0.351 e. The Labute approximate surface area is 206 Å². The zero-order chi connectivity index (χ0) is 24.5. The van der Waals surface area contributed by atoms with Gasteiger partial charge in [0, 0.05) is 16.7 Å². The van der Waals surface area contributed by atoms with Crippen LogP contribution in [0.2, 0.25) is 5.02 Å². The molecular weight excluding hydrogens is 498 g/mol. The van der Waals surface area contributed by atoms with E-state index in [9.17, 15) is 13.2 Å². The third-order valence-corrected chi connectivity index (χ3v) is 7.99. The number of hydrogen-bond acceptors (Lipinski definition) is 7. The fourth-order valence-corrected chi connectivity index (χ4v) is 5.52.